The maximum atomic E-state index is 14.0. The Morgan fingerprint density at radius 1 is 1.00 bits per heavy atom. The number of hydrogen-bond acceptors (Lipinski definition) is 2. The van der Waals surface area contributed by atoms with Gasteiger partial charge in [-0.25, -0.2) is 9.37 Å². The van der Waals surface area contributed by atoms with Gasteiger partial charge in [0.25, 0.3) is 0 Å². The van der Waals surface area contributed by atoms with Crippen molar-refractivity contribution in [3.05, 3.63) is 94.6 Å². The first-order valence-corrected chi connectivity index (χ1v) is 11.6. The molecule has 33 heavy (non-hydrogen) atoms. The van der Waals surface area contributed by atoms with Crippen molar-refractivity contribution in [2.75, 3.05) is 32.6 Å². The first-order valence-electron chi connectivity index (χ1n) is 11.6. The zero-order valence-electron chi connectivity index (χ0n) is 20.0. The molecule has 0 spiro atoms. The van der Waals surface area contributed by atoms with Crippen LogP contribution in [0.1, 0.15) is 27.9 Å². The Morgan fingerprint density at radius 2 is 1.79 bits per heavy atom. The molecule has 0 fully saturated rings. The fraction of sp³-hybridized carbons (Fsp3) is 0.321. The number of benzene rings is 2. The smallest absolute Gasteiger partial charge is 0.153 e. The molecule has 4 nitrogen and oxygen atoms in total. The molecular weight excluding hydrogens is 411 g/mol. The molecule has 2 aromatic carbocycles. The van der Waals surface area contributed by atoms with Gasteiger partial charge < -0.3 is 14.0 Å². The predicted molar refractivity (Wildman–Crippen MR) is 133 cm³/mol. The second kappa shape index (κ2) is 8.31. The summed E-state index contributed by atoms with van der Waals surface area (Å²) in [6.07, 6.45) is 2.97. The third-order valence-corrected chi connectivity index (χ3v) is 6.63. The van der Waals surface area contributed by atoms with E-state index in [1.54, 1.807) is 12.1 Å². The quantitative estimate of drug-likeness (QED) is 0.390. The van der Waals surface area contributed by atoms with Crippen LogP contribution < -0.4 is 4.90 Å². The summed E-state index contributed by atoms with van der Waals surface area (Å²) in [5.74, 6) is 0.827. The third kappa shape index (κ3) is 4.25. The van der Waals surface area contributed by atoms with E-state index in [2.05, 4.69) is 67.9 Å². The molecule has 5 heteroatoms. The van der Waals surface area contributed by atoms with E-state index in [-0.39, 0.29) is 5.82 Å². The maximum Gasteiger partial charge on any atom is 0.153 e. The van der Waals surface area contributed by atoms with Crippen LogP contribution in [-0.2, 0) is 26.1 Å². The van der Waals surface area contributed by atoms with Crippen LogP contribution in [-0.4, -0.2) is 41.7 Å². The Kier molecular flexibility index (Phi) is 5.45. The van der Waals surface area contributed by atoms with Crippen LogP contribution in [0.4, 0.5) is 10.2 Å². The van der Waals surface area contributed by atoms with Gasteiger partial charge in [0.05, 0.1) is 26.7 Å². The van der Waals surface area contributed by atoms with Crippen molar-refractivity contribution in [3.8, 4) is 0 Å². The summed E-state index contributed by atoms with van der Waals surface area (Å²) in [6, 6.07) is 17.8. The van der Waals surface area contributed by atoms with Crippen molar-refractivity contribution in [2.24, 2.45) is 0 Å². The molecule has 0 saturated carbocycles. The van der Waals surface area contributed by atoms with E-state index in [0.717, 1.165) is 47.4 Å². The molecule has 3 heterocycles. The number of hydrogen-bond donors (Lipinski definition) is 0. The van der Waals surface area contributed by atoms with Crippen LogP contribution in [0.15, 0.2) is 60.8 Å². The van der Waals surface area contributed by atoms with Crippen molar-refractivity contribution >= 4 is 16.7 Å². The van der Waals surface area contributed by atoms with E-state index in [1.165, 1.54) is 33.8 Å². The fourth-order valence-corrected chi connectivity index (χ4v) is 5.08. The average Bonchev–Trinajstić information content (AvgIpc) is 3.03. The normalized spacial score (nSPS) is 14.0. The molecule has 0 atom stereocenters. The Labute approximate surface area is 195 Å². The van der Waals surface area contributed by atoms with Gasteiger partial charge in [-0.1, -0.05) is 36.4 Å². The maximum absolute atomic E-state index is 14.0. The highest BCUT2D eigenvalue weighted by molar-refractivity contribution is 5.94. The summed E-state index contributed by atoms with van der Waals surface area (Å²) < 4.78 is 17.2. The van der Waals surface area contributed by atoms with Gasteiger partial charge in [0.2, 0.25) is 0 Å². The van der Waals surface area contributed by atoms with Gasteiger partial charge in [0.15, 0.2) is 5.82 Å². The van der Waals surface area contributed by atoms with Gasteiger partial charge in [-0.05, 0) is 48.2 Å². The average molecular weight is 444 g/mol. The predicted octanol–water partition coefficient (Wildman–Crippen LogP) is 5.30. The third-order valence-electron chi connectivity index (χ3n) is 6.63. The van der Waals surface area contributed by atoms with Gasteiger partial charge in [-0.15, -0.1) is 0 Å². The lowest BCUT2D eigenvalue weighted by Gasteiger charge is -2.30. The first kappa shape index (κ1) is 21.7. The van der Waals surface area contributed by atoms with Crippen molar-refractivity contribution in [2.45, 2.75) is 33.0 Å². The molecule has 170 valence electrons. The van der Waals surface area contributed by atoms with E-state index in [0.29, 0.717) is 6.54 Å². The van der Waals surface area contributed by atoms with Gasteiger partial charge in [0.1, 0.15) is 12.4 Å². The summed E-state index contributed by atoms with van der Waals surface area (Å²) >= 11 is 0. The Morgan fingerprint density at radius 3 is 2.55 bits per heavy atom. The standard InChI is InChI=1S/C28H32FN4/c1-20-26(19-33(2,3)4)25-12-14-30-28(31-15-13-22-9-5-6-10-23(22)18-31)27(25)32(20)17-21-8-7-11-24(29)16-21/h5-12,14,16H,13,15,17-19H2,1-4H3/q+1. The van der Waals surface area contributed by atoms with Crippen LogP contribution in [0.3, 0.4) is 0 Å². The molecule has 0 saturated heterocycles. The number of halogens is 1. The van der Waals surface area contributed by atoms with E-state index in [1.807, 2.05) is 12.3 Å². The fourth-order valence-electron chi connectivity index (χ4n) is 5.08. The van der Waals surface area contributed by atoms with Crippen molar-refractivity contribution in [1.82, 2.24) is 9.55 Å². The number of nitrogens with zero attached hydrogens (tertiary/aromatic N) is 4. The van der Waals surface area contributed by atoms with Crippen LogP contribution in [0, 0.1) is 12.7 Å². The minimum atomic E-state index is -0.195. The molecule has 0 radical (unpaired) electrons. The number of pyridine rings is 1. The minimum absolute atomic E-state index is 0.195. The van der Waals surface area contributed by atoms with E-state index < -0.39 is 0 Å². The molecule has 0 unspecified atom stereocenters. The Bertz CT molecular complexity index is 1320. The summed E-state index contributed by atoms with van der Waals surface area (Å²) in [5.41, 5.74) is 7.49. The molecule has 2 aromatic heterocycles. The lowest BCUT2D eigenvalue weighted by atomic mass is 10.00. The number of rotatable bonds is 5. The van der Waals surface area contributed by atoms with Gasteiger partial charge >= 0.3 is 0 Å². The second-order valence-electron chi connectivity index (χ2n) is 10.2. The van der Waals surface area contributed by atoms with Crippen molar-refractivity contribution in [1.29, 1.82) is 0 Å². The molecule has 5 rings (SSSR count). The molecular formula is C28H32FN4+. The van der Waals surface area contributed by atoms with Crippen LogP contribution in [0.2, 0.25) is 0 Å². The molecule has 0 aliphatic carbocycles. The summed E-state index contributed by atoms with van der Waals surface area (Å²) in [5, 5.41) is 1.25. The van der Waals surface area contributed by atoms with Crippen LogP contribution in [0.25, 0.3) is 10.9 Å². The molecule has 0 amide bonds. The number of fused-ring (bicyclic) bond motifs is 2. The van der Waals surface area contributed by atoms with Gasteiger partial charge in [0, 0.05) is 42.5 Å². The van der Waals surface area contributed by atoms with Gasteiger partial charge in [-0.3, -0.25) is 0 Å². The second-order valence-corrected chi connectivity index (χ2v) is 10.2. The zero-order valence-corrected chi connectivity index (χ0v) is 20.0. The lowest BCUT2D eigenvalue weighted by Crippen LogP contribution is -2.33. The number of anilines is 1. The number of aromatic nitrogens is 2. The van der Waals surface area contributed by atoms with E-state index in [4.69, 9.17) is 4.98 Å². The molecule has 1 aliphatic rings. The van der Waals surface area contributed by atoms with Gasteiger partial charge in [-0.2, -0.15) is 0 Å². The van der Waals surface area contributed by atoms with E-state index in [9.17, 15) is 4.39 Å². The van der Waals surface area contributed by atoms with E-state index >= 15 is 0 Å². The van der Waals surface area contributed by atoms with Crippen LogP contribution in [0.5, 0.6) is 0 Å². The molecule has 4 aromatic rings. The summed E-state index contributed by atoms with van der Waals surface area (Å²) in [6.45, 7) is 5.54. The van der Waals surface area contributed by atoms with Crippen LogP contribution >= 0.6 is 0 Å². The monoisotopic (exact) mass is 443 g/mol. The Hall–Kier alpha value is -3.18. The zero-order chi connectivity index (χ0) is 23.2. The summed E-state index contributed by atoms with van der Waals surface area (Å²) in [7, 11) is 6.66. The number of quaternary nitrogens is 1. The Balaban J connectivity index is 1.66. The molecule has 0 N–H and O–H groups in total. The highest BCUT2D eigenvalue weighted by Gasteiger charge is 2.26. The van der Waals surface area contributed by atoms with Crippen molar-refractivity contribution in [3.63, 3.8) is 0 Å². The largest absolute Gasteiger partial charge is 0.350 e. The topological polar surface area (TPSA) is 21.1 Å². The first-order chi connectivity index (χ1) is 15.8. The molecule has 1 aliphatic heterocycles. The summed E-state index contributed by atoms with van der Waals surface area (Å²) in [4.78, 5) is 7.30. The highest BCUT2D eigenvalue weighted by Crippen LogP contribution is 2.35. The highest BCUT2D eigenvalue weighted by atomic mass is 19.1. The lowest BCUT2D eigenvalue weighted by molar-refractivity contribution is -0.883. The minimum Gasteiger partial charge on any atom is -0.350 e. The molecule has 0 bridgehead atoms. The SMILES string of the molecule is Cc1c(C[N+](C)(C)C)c2ccnc(N3CCc4ccccc4C3)c2n1Cc1cccc(F)c1. The van der Waals surface area contributed by atoms with Crippen molar-refractivity contribution < 1.29 is 8.87 Å².